The maximum atomic E-state index is 11.6. The van der Waals surface area contributed by atoms with Crippen LogP contribution in [0, 0.1) is 0 Å². The van der Waals surface area contributed by atoms with E-state index >= 15 is 0 Å². The van der Waals surface area contributed by atoms with E-state index in [1.807, 2.05) is 0 Å². The van der Waals surface area contributed by atoms with Crippen LogP contribution >= 0.6 is 15.9 Å². The Hall–Kier alpha value is -0.840. The average molecular weight is 289 g/mol. The van der Waals surface area contributed by atoms with E-state index in [1.54, 1.807) is 17.8 Å². The molecule has 0 radical (unpaired) electrons. The summed E-state index contributed by atoms with van der Waals surface area (Å²) in [6, 6.07) is 0. The first-order valence-electron chi connectivity index (χ1n) is 5.35. The van der Waals surface area contributed by atoms with E-state index in [9.17, 15) is 4.79 Å². The van der Waals surface area contributed by atoms with Gasteiger partial charge in [-0.15, -0.1) is 0 Å². The highest BCUT2D eigenvalue weighted by atomic mass is 79.9. The quantitative estimate of drug-likeness (QED) is 0.800. The van der Waals surface area contributed by atoms with Gasteiger partial charge < -0.3 is 4.74 Å². The Labute approximate surface area is 104 Å². The zero-order chi connectivity index (χ0) is 12.3. The molecule has 0 atom stereocenters. The van der Waals surface area contributed by atoms with Gasteiger partial charge in [0.15, 0.2) is 0 Å². The molecule has 0 saturated heterocycles. The first kappa shape index (κ1) is 13.2. The highest BCUT2D eigenvalue weighted by molar-refractivity contribution is 9.10. The maximum Gasteiger partial charge on any atom is 0.342 e. The summed E-state index contributed by atoms with van der Waals surface area (Å²) in [6.07, 6.45) is 2.66. The SMILES string of the molecule is CCOC(=O)c1cn(C(C)(C)CC)nc1Br. The van der Waals surface area contributed by atoms with Gasteiger partial charge in [-0.1, -0.05) is 6.92 Å². The molecule has 0 fully saturated rings. The van der Waals surface area contributed by atoms with Crippen LogP contribution in [0.2, 0.25) is 0 Å². The van der Waals surface area contributed by atoms with Gasteiger partial charge in [-0.05, 0) is 43.1 Å². The highest BCUT2D eigenvalue weighted by Crippen LogP contribution is 2.23. The topological polar surface area (TPSA) is 44.1 Å². The number of carbonyl (C=O) groups is 1. The van der Waals surface area contributed by atoms with Crippen LogP contribution in [-0.4, -0.2) is 22.4 Å². The molecule has 4 nitrogen and oxygen atoms in total. The van der Waals surface area contributed by atoms with Crippen molar-refractivity contribution in [2.24, 2.45) is 0 Å². The second kappa shape index (κ2) is 4.99. The van der Waals surface area contributed by atoms with Crippen LogP contribution in [0.15, 0.2) is 10.8 Å². The summed E-state index contributed by atoms with van der Waals surface area (Å²) in [5.74, 6) is -0.340. The van der Waals surface area contributed by atoms with Crippen LogP contribution in [0.25, 0.3) is 0 Å². The zero-order valence-electron chi connectivity index (χ0n) is 10.1. The van der Waals surface area contributed by atoms with E-state index in [0.717, 1.165) is 6.42 Å². The van der Waals surface area contributed by atoms with Gasteiger partial charge in [0.2, 0.25) is 0 Å². The molecule has 0 aromatic carbocycles. The molecule has 0 aliphatic carbocycles. The molecule has 16 heavy (non-hydrogen) atoms. The molecule has 1 heterocycles. The number of rotatable bonds is 4. The number of carbonyl (C=O) groups excluding carboxylic acids is 1. The molecule has 1 rings (SSSR count). The Bertz CT molecular complexity index is 385. The van der Waals surface area contributed by atoms with Crippen molar-refractivity contribution in [3.05, 3.63) is 16.4 Å². The average Bonchev–Trinajstić information content (AvgIpc) is 2.61. The predicted octanol–water partition coefficient (Wildman–Crippen LogP) is 2.97. The van der Waals surface area contributed by atoms with Crippen molar-refractivity contribution in [2.75, 3.05) is 6.61 Å². The number of esters is 1. The van der Waals surface area contributed by atoms with Gasteiger partial charge in [0.1, 0.15) is 10.2 Å². The molecule has 0 aliphatic rings. The summed E-state index contributed by atoms with van der Waals surface area (Å²) in [5.41, 5.74) is 0.371. The monoisotopic (exact) mass is 288 g/mol. The first-order chi connectivity index (χ1) is 7.42. The van der Waals surface area contributed by atoms with E-state index in [1.165, 1.54) is 0 Å². The van der Waals surface area contributed by atoms with E-state index in [0.29, 0.717) is 16.8 Å². The normalized spacial score (nSPS) is 11.6. The molecule has 0 aliphatic heterocycles. The van der Waals surface area contributed by atoms with Gasteiger partial charge in [0, 0.05) is 6.20 Å². The molecule has 5 heteroatoms. The molecule has 0 saturated carbocycles. The number of nitrogens with zero attached hydrogens (tertiary/aromatic N) is 2. The van der Waals surface area contributed by atoms with Crippen molar-refractivity contribution in [1.82, 2.24) is 9.78 Å². The first-order valence-corrected chi connectivity index (χ1v) is 6.14. The minimum Gasteiger partial charge on any atom is -0.462 e. The minimum absolute atomic E-state index is 0.104. The third kappa shape index (κ3) is 2.64. The number of hydrogen-bond acceptors (Lipinski definition) is 3. The zero-order valence-corrected chi connectivity index (χ0v) is 11.7. The lowest BCUT2D eigenvalue weighted by Crippen LogP contribution is -2.25. The Kier molecular flexibility index (Phi) is 4.13. The standard InChI is InChI=1S/C11H17BrN2O2/c1-5-11(3,4)14-7-8(9(12)13-14)10(15)16-6-2/h7H,5-6H2,1-4H3. The Morgan fingerprint density at radius 2 is 2.19 bits per heavy atom. The maximum absolute atomic E-state index is 11.6. The molecule has 0 bridgehead atoms. The summed E-state index contributed by atoms with van der Waals surface area (Å²) in [4.78, 5) is 11.6. The van der Waals surface area contributed by atoms with E-state index in [-0.39, 0.29) is 11.5 Å². The molecular formula is C11H17BrN2O2. The molecule has 90 valence electrons. The van der Waals surface area contributed by atoms with Gasteiger partial charge in [0.05, 0.1) is 12.1 Å². The van der Waals surface area contributed by atoms with E-state index < -0.39 is 0 Å². The summed E-state index contributed by atoms with van der Waals surface area (Å²) in [6.45, 7) is 8.38. The lowest BCUT2D eigenvalue weighted by molar-refractivity contribution is 0.0525. The van der Waals surface area contributed by atoms with Crippen molar-refractivity contribution >= 4 is 21.9 Å². The highest BCUT2D eigenvalue weighted by Gasteiger charge is 2.23. The van der Waals surface area contributed by atoms with Crippen molar-refractivity contribution in [2.45, 2.75) is 39.7 Å². The van der Waals surface area contributed by atoms with Crippen molar-refractivity contribution < 1.29 is 9.53 Å². The van der Waals surface area contributed by atoms with Crippen LogP contribution in [0.1, 0.15) is 44.5 Å². The van der Waals surface area contributed by atoms with Gasteiger partial charge in [-0.3, -0.25) is 4.68 Å². The van der Waals surface area contributed by atoms with Gasteiger partial charge in [-0.25, -0.2) is 4.79 Å². The minimum atomic E-state index is -0.340. The fraction of sp³-hybridized carbons (Fsp3) is 0.636. The van der Waals surface area contributed by atoms with Crippen molar-refractivity contribution in [3.63, 3.8) is 0 Å². The lowest BCUT2D eigenvalue weighted by atomic mass is 10.0. The summed E-state index contributed by atoms with van der Waals surface area (Å²) in [7, 11) is 0. The van der Waals surface area contributed by atoms with Gasteiger partial charge in [0.25, 0.3) is 0 Å². The Balaban J connectivity index is 3.03. The number of halogens is 1. The van der Waals surface area contributed by atoms with Crippen LogP contribution in [0.4, 0.5) is 0 Å². The number of hydrogen-bond donors (Lipinski definition) is 0. The molecule has 0 amide bonds. The molecular weight excluding hydrogens is 272 g/mol. The van der Waals surface area contributed by atoms with Gasteiger partial charge in [-0.2, -0.15) is 5.10 Å². The van der Waals surface area contributed by atoms with E-state index in [2.05, 4.69) is 41.8 Å². The fourth-order valence-electron chi connectivity index (χ4n) is 1.17. The third-order valence-corrected chi connectivity index (χ3v) is 3.24. The molecule has 0 N–H and O–H groups in total. The largest absolute Gasteiger partial charge is 0.462 e. The van der Waals surface area contributed by atoms with Crippen LogP contribution in [0.3, 0.4) is 0 Å². The van der Waals surface area contributed by atoms with Crippen molar-refractivity contribution in [3.8, 4) is 0 Å². The van der Waals surface area contributed by atoms with Crippen molar-refractivity contribution in [1.29, 1.82) is 0 Å². The van der Waals surface area contributed by atoms with Crippen LogP contribution in [0.5, 0.6) is 0 Å². The van der Waals surface area contributed by atoms with E-state index in [4.69, 9.17) is 4.74 Å². The summed E-state index contributed by atoms with van der Waals surface area (Å²) >= 11 is 3.28. The Morgan fingerprint density at radius 1 is 1.56 bits per heavy atom. The summed E-state index contributed by atoms with van der Waals surface area (Å²) in [5, 5.41) is 4.29. The second-order valence-corrected chi connectivity index (χ2v) is 4.92. The van der Waals surface area contributed by atoms with Crippen LogP contribution in [-0.2, 0) is 10.3 Å². The Morgan fingerprint density at radius 3 is 2.69 bits per heavy atom. The molecule has 0 unspecified atom stereocenters. The van der Waals surface area contributed by atoms with Crippen LogP contribution < -0.4 is 0 Å². The van der Waals surface area contributed by atoms with Gasteiger partial charge >= 0.3 is 5.97 Å². The molecule has 1 aromatic rings. The fourth-order valence-corrected chi connectivity index (χ4v) is 1.61. The molecule has 0 spiro atoms. The number of aromatic nitrogens is 2. The third-order valence-electron chi connectivity index (χ3n) is 2.65. The predicted molar refractivity (Wildman–Crippen MR) is 65.5 cm³/mol. The summed E-state index contributed by atoms with van der Waals surface area (Å²) < 4.78 is 7.28. The smallest absolute Gasteiger partial charge is 0.342 e. The lowest BCUT2D eigenvalue weighted by Gasteiger charge is -2.23. The second-order valence-electron chi connectivity index (χ2n) is 4.16. The number of ether oxygens (including phenoxy) is 1. The molecule has 1 aromatic heterocycles.